The number of hydrogen-bond donors (Lipinski definition) is 1. The zero-order valence-corrected chi connectivity index (χ0v) is 19.3. The first-order valence-electron chi connectivity index (χ1n) is 11.4. The number of alkyl halides is 3. The zero-order chi connectivity index (χ0) is 26.0. The summed E-state index contributed by atoms with van der Waals surface area (Å²) >= 11 is 0. The summed E-state index contributed by atoms with van der Waals surface area (Å²) < 4.78 is 69.8. The Morgan fingerprint density at radius 3 is 2.41 bits per heavy atom. The van der Waals surface area contributed by atoms with Gasteiger partial charge < -0.3 is 5.32 Å². The highest BCUT2D eigenvalue weighted by molar-refractivity contribution is 5.82. The van der Waals surface area contributed by atoms with Crippen molar-refractivity contribution in [2.75, 3.05) is 5.32 Å². The number of fused-ring (bicyclic) bond motifs is 1. The number of aromatic nitrogens is 5. The van der Waals surface area contributed by atoms with E-state index in [-0.39, 0.29) is 0 Å². The Hall–Kier alpha value is -4.28. The molecule has 5 rings (SSSR count). The van der Waals surface area contributed by atoms with Crippen molar-refractivity contribution >= 4 is 16.6 Å². The molecule has 0 aliphatic rings. The summed E-state index contributed by atoms with van der Waals surface area (Å²) in [7, 11) is 0. The van der Waals surface area contributed by atoms with Gasteiger partial charge in [-0.3, -0.25) is 9.36 Å². The van der Waals surface area contributed by atoms with Crippen molar-refractivity contribution in [3.05, 3.63) is 108 Å². The molecule has 0 saturated carbocycles. The molecule has 6 nitrogen and oxygen atoms in total. The molecule has 3 aromatic carbocycles. The van der Waals surface area contributed by atoms with Crippen LogP contribution in [0.4, 0.5) is 27.6 Å². The lowest BCUT2D eigenvalue weighted by Crippen LogP contribution is -2.18. The minimum absolute atomic E-state index is 0.310. The SMILES string of the molecule is Fc1ccc(C(Cn2cncn2)Cn2ncc3cc(NCc4ccc(C(F)(F)F)cc4)ccc32)c(F)c1. The highest BCUT2D eigenvalue weighted by atomic mass is 19.4. The number of anilines is 1. The Balaban J connectivity index is 1.33. The molecule has 0 bridgehead atoms. The van der Waals surface area contributed by atoms with E-state index in [1.54, 1.807) is 15.6 Å². The minimum Gasteiger partial charge on any atom is -0.381 e. The van der Waals surface area contributed by atoms with E-state index in [9.17, 15) is 22.0 Å². The predicted octanol–water partition coefficient (Wildman–Crippen LogP) is 6.02. The van der Waals surface area contributed by atoms with Gasteiger partial charge in [0.05, 0.1) is 30.4 Å². The van der Waals surface area contributed by atoms with E-state index in [0.717, 1.165) is 34.8 Å². The zero-order valence-electron chi connectivity index (χ0n) is 19.3. The fourth-order valence-corrected chi connectivity index (χ4v) is 4.21. The average Bonchev–Trinajstić information content (AvgIpc) is 3.52. The number of benzene rings is 3. The molecule has 0 radical (unpaired) electrons. The number of nitrogens with zero attached hydrogens (tertiary/aromatic N) is 5. The first-order chi connectivity index (χ1) is 17.8. The van der Waals surface area contributed by atoms with Crippen molar-refractivity contribution in [2.24, 2.45) is 0 Å². The number of halogens is 5. The van der Waals surface area contributed by atoms with E-state index in [4.69, 9.17) is 0 Å². The monoisotopic (exact) mass is 512 g/mol. The molecule has 11 heteroatoms. The lowest BCUT2D eigenvalue weighted by Gasteiger charge is -2.19. The summed E-state index contributed by atoms with van der Waals surface area (Å²) in [5, 5.41) is 12.6. The van der Waals surface area contributed by atoms with Crippen molar-refractivity contribution in [3.63, 3.8) is 0 Å². The van der Waals surface area contributed by atoms with Crippen molar-refractivity contribution in [3.8, 4) is 0 Å². The smallest absolute Gasteiger partial charge is 0.381 e. The normalized spacial score (nSPS) is 12.7. The highest BCUT2D eigenvalue weighted by Gasteiger charge is 2.29. The third-order valence-corrected chi connectivity index (χ3v) is 6.09. The van der Waals surface area contributed by atoms with Crippen LogP contribution in [0.5, 0.6) is 0 Å². The van der Waals surface area contributed by atoms with Crippen LogP contribution in [0.3, 0.4) is 0 Å². The van der Waals surface area contributed by atoms with Gasteiger partial charge in [-0.05, 0) is 47.5 Å². The van der Waals surface area contributed by atoms with Gasteiger partial charge in [0, 0.05) is 29.6 Å². The van der Waals surface area contributed by atoms with Crippen LogP contribution in [0.15, 0.2) is 79.5 Å². The Morgan fingerprint density at radius 2 is 1.70 bits per heavy atom. The van der Waals surface area contributed by atoms with Crippen LogP contribution in [0.25, 0.3) is 10.9 Å². The first-order valence-corrected chi connectivity index (χ1v) is 11.4. The molecule has 0 aliphatic carbocycles. The molecule has 1 N–H and O–H groups in total. The number of rotatable bonds is 8. The van der Waals surface area contributed by atoms with Gasteiger partial charge in [0.25, 0.3) is 0 Å². The summed E-state index contributed by atoms with van der Waals surface area (Å²) in [5.74, 6) is -1.69. The Morgan fingerprint density at radius 1 is 0.892 bits per heavy atom. The third-order valence-electron chi connectivity index (χ3n) is 6.09. The van der Waals surface area contributed by atoms with E-state index in [0.29, 0.717) is 30.8 Å². The maximum absolute atomic E-state index is 14.7. The number of nitrogens with one attached hydrogen (secondary N) is 1. The summed E-state index contributed by atoms with van der Waals surface area (Å²) in [6.45, 7) is 0.975. The molecular formula is C26H21F5N6. The van der Waals surface area contributed by atoms with Gasteiger partial charge in [0.15, 0.2) is 0 Å². The van der Waals surface area contributed by atoms with Crippen molar-refractivity contribution in [2.45, 2.75) is 31.7 Å². The number of hydrogen-bond acceptors (Lipinski definition) is 4. The minimum atomic E-state index is -4.37. The standard InChI is InChI=1S/C26H21F5N6/c27-21-5-7-23(24(28)10-21)19(13-36-16-32-15-35-36)14-37-25-8-6-22(9-18(25)12-34-37)33-11-17-1-3-20(4-2-17)26(29,30)31/h1-10,12,15-16,19,33H,11,13-14H2. The van der Waals surface area contributed by atoms with Gasteiger partial charge in [-0.25, -0.2) is 13.8 Å². The molecule has 2 heterocycles. The van der Waals surface area contributed by atoms with Crippen LogP contribution in [0, 0.1) is 11.6 Å². The lowest BCUT2D eigenvalue weighted by molar-refractivity contribution is -0.137. The maximum Gasteiger partial charge on any atom is 0.416 e. The second kappa shape index (κ2) is 10.00. The van der Waals surface area contributed by atoms with E-state index in [1.807, 2.05) is 18.2 Å². The first kappa shape index (κ1) is 24.4. The Labute approximate surface area is 208 Å². The fourth-order valence-electron chi connectivity index (χ4n) is 4.21. The third kappa shape index (κ3) is 5.60. The Bertz CT molecular complexity index is 1490. The molecule has 0 aliphatic heterocycles. The fraction of sp³-hybridized carbons (Fsp3) is 0.192. The van der Waals surface area contributed by atoms with Crippen molar-refractivity contribution < 1.29 is 22.0 Å². The molecular weight excluding hydrogens is 491 g/mol. The Kier molecular flexibility index (Phi) is 6.60. The van der Waals surface area contributed by atoms with Crippen LogP contribution < -0.4 is 5.32 Å². The van der Waals surface area contributed by atoms with Crippen LogP contribution in [-0.4, -0.2) is 24.5 Å². The van der Waals surface area contributed by atoms with E-state index < -0.39 is 29.3 Å². The molecule has 5 aromatic rings. The molecule has 1 atom stereocenters. The van der Waals surface area contributed by atoms with Crippen molar-refractivity contribution in [1.82, 2.24) is 24.5 Å². The largest absolute Gasteiger partial charge is 0.416 e. The highest BCUT2D eigenvalue weighted by Crippen LogP contribution is 2.30. The predicted molar refractivity (Wildman–Crippen MR) is 128 cm³/mol. The van der Waals surface area contributed by atoms with E-state index in [1.165, 1.54) is 36.9 Å². The maximum atomic E-state index is 14.7. The van der Waals surface area contributed by atoms with E-state index >= 15 is 0 Å². The van der Waals surface area contributed by atoms with Gasteiger partial charge in [-0.15, -0.1) is 0 Å². The molecule has 190 valence electrons. The molecule has 0 spiro atoms. The molecule has 37 heavy (non-hydrogen) atoms. The summed E-state index contributed by atoms with van der Waals surface area (Å²) in [6.07, 6.45) is 0.241. The van der Waals surface area contributed by atoms with Gasteiger partial charge in [-0.1, -0.05) is 18.2 Å². The molecule has 1 unspecified atom stereocenters. The van der Waals surface area contributed by atoms with Crippen LogP contribution in [0.2, 0.25) is 0 Å². The van der Waals surface area contributed by atoms with Gasteiger partial charge in [-0.2, -0.15) is 23.4 Å². The van der Waals surface area contributed by atoms with Crippen LogP contribution >= 0.6 is 0 Å². The molecule has 2 aromatic heterocycles. The quantitative estimate of drug-likeness (QED) is 0.258. The topological polar surface area (TPSA) is 60.6 Å². The van der Waals surface area contributed by atoms with Crippen molar-refractivity contribution in [1.29, 1.82) is 0 Å². The second-order valence-corrected chi connectivity index (χ2v) is 8.63. The van der Waals surface area contributed by atoms with Crippen LogP contribution in [0.1, 0.15) is 22.6 Å². The summed E-state index contributed by atoms with van der Waals surface area (Å²) in [4.78, 5) is 3.94. The molecule has 0 amide bonds. The summed E-state index contributed by atoms with van der Waals surface area (Å²) in [5.41, 5.74) is 1.95. The molecule has 0 fully saturated rings. The second-order valence-electron chi connectivity index (χ2n) is 8.63. The van der Waals surface area contributed by atoms with Gasteiger partial charge in [0.2, 0.25) is 0 Å². The van der Waals surface area contributed by atoms with Gasteiger partial charge in [0.1, 0.15) is 24.3 Å². The molecule has 0 saturated heterocycles. The van der Waals surface area contributed by atoms with Crippen LogP contribution in [-0.2, 0) is 25.8 Å². The van der Waals surface area contributed by atoms with E-state index in [2.05, 4.69) is 20.5 Å². The van der Waals surface area contributed by atoms with Gasteiger partial charge >= 0.3 is 6.18 Å². The lowest BCUT2D eigenvalue weighted by atomic mass is 9.98. The summed E-state index contributed by atoms with van der Waals surface area (Å²) in [6, 6.07) is 14.1. The average molecular weight is 512 g/mol.